The SMILES string of the molecule is Cl.Cl.Nc1cccc(C(=O)O)c1N. The number of nitrogen functional groups attached to an aromatic ring is 2. The molecule has 0 aliphatic heterocycles. The van der Waals surface area contributed by atoms with Crippen molar-refractivity contribution in [3.63, 3.8) is 0 Å². The molecule has 0 heterocycles. The van der Waals surface area contributed by atoms with Crippen molar-refractivity contribution in [2.75, 3.05) is 11.5 Å². The highest BCUT2D eigenvalue weighted by atomic mass is 35.5. The molecule has 13 heavy (non-hydrogen) atoms. The van der Waals surface area contributed by atoms with Crippen molar-refractivity contribution >= 4 is 42.2 Å². The van der Waals surface area contributed by atoms with E-state index in [4.69, 9.17) is 16.6 Å². The summed E-state index contributed by atoms with van der Waals surface area (Å²) in [6.45, 7) is 0. The van der Waals surface area contributed by atoms with Crippen LogP contribution < -0.4 is 11.5 Å². The minimum atomic E-state index is -1.06. The van der Waals surface area contributed by atoms with Gasteiger partial charge in [0, 0.05) is 0 Å². The lowest BCUT2D eigenvalue weighted by Gasteiger charge is -2.01. The van der Waals surface area contributed by atoms with E-state index < -0.39 is 5.97 Å². The molecule has 0 aliphatic carbocycles. The molecule has 1 rings (SSSR count). The summed E-state index contributed by atoms with van der Waals surface area (Å²) in [6.07, 6.45) is 0. The molecule has 4 nitrogen and oxygen atoms in total. The molecule has 0 saturated carbocycles. The van der Waals surface area contributed by atoms with E-state index in [2.05, 4.69) is 0 Å². The number of hydrogen-bond donors (Lipinski definition) is 3. The third-order valence-electron chi connectivity index (χ3n) is 1.37. The number of halogens is 2. The second kappa shape index (κ2) is 5.50. The van der Waals surface area contributed by atoms with Crippen LogP contribution in [0.25, 0.3) is 0 Å². The van der Waals surface area contributed by atoms with Gasteiger partial charge in [-0.25, -0.2) is 4.79 Å². The monoisotopic (exact) mass is 224 g/mol. The lowest BCUT2D eigenvalue weighted by molar-refractivity contribution is 0.0698. The number of carbonyl (C=O) groups is 1. The third-order valence-corrected chi connectivity index (χ3v) is 1.37. The summed E-state index contributed by atoms with van der Waals surface area (Å²) in [6, 6.07) is 4.52. The summed E-state index contributed by atoms with van der Waals surface area (Å²) in [5.41, 5.74) is 11.2. The molecule has 6 heteroatoms. The Balaban J connectivity index is 0. The average molecular weight is 225 g/mol. The van der Waals surface area contributed by atoms with Crippen LogP contribution in [0.4, 0.5) is 11.4 Å². The first-order chi connectivity index (χ1) is 5.13. The van der Waals surface area contributed by atoms with Crippen molar-refractivity contribution in [3.05, 3.63) is 23.8 Å². The van der Waals surface area contributed by atoms with Gasteiger partial charge >= 0.3 is 5.97 Å². The van der Waals surface area contributed by atoms with Crippen molar-refractivity contribution in [3.8, 4) is 0 Å². The summed E-state index contributed by atoms with van der Waals surface area (Å²) < 4.78 is 0. The molecule has 1 aromatic rings. The predicted octanol–water partition coefficient (Wildman–Crippen LogP) is 1.39. The normalized spacial score (nSPS) is 8.00. The van der Waals surface area contributed by atoms with Crippen LogP contribution >= 0.6 is 24.8 Å². The maximum atomic E-state index is 10.4. The Morgan fingerprint density at radius 2 is 1.77 bits per heavy atom. The molecule has 0 atom stereocenters. The quantitative estimate of drug-likeness (QED) is 0.630. The lowest BCUT2D eigenvalue weighted by atomic mass is 10.1. The molecule has 5 N–H and O–H groups in total. The summed E-state index contributed by atoms with van der Waals surface area (Å²) in [4.78, 5) is 10.4. The molecule has 0 saturated heterocycles. The zero-order valence-corrected chi connectivity index (χ0v) is 8.19. The van der Waals surface area contributed by atoms with E-state index in [1.54, 1.807) is 12.1 Å². The third kappa shape index (κ3) is 3.01. The fraction of sp³-hybridized carbons (Fsp3) is 0. The highest BCUT2D eigenvalue weighted by molar-refractivity contribution is 5.96. The van der Waals surface area contributed by atoms with Crippen LogP contribution in [0.1, 0.15) is 10.4 Å². The van der Waals surface area contributed by atoms with Gasteiger partial charge in [-0.3, -0.25) is 0 Å². The fourth-order valence-corrected chi connectivity index (χ4v) is 0.770. The number of carboxylic acids is 1. The number of hydrogen-bond acceptors (Lipinski definition) is 3. The van der Waals surface area contributed by atoms with Crippen molar-refractivity contribution in [1.29, 1.82) is 0 Å². The van der Waals surface area contributed by atoms with E-state index in [-0.39, 0.29) is 36.1 Å². The molecule has 0 aromatic heterocycles. The molecule has 0 spiro atoms. The van der Waals surface area contributed by atoms with Crippen molar-refractivity contribution < 1.29 is 9.90 Å². The molecule has 0 radical (unpaired) electrons. The largest absolute Gasteiger partial charge is 0.478 e. The number of benzene rings is 1. The number of aromatic carboxylic acids is 1. The number of nitrogens with two attached hydrogens (primary N) is 2. The van der Waals surface area contributed by atoms with Gasteiger partial charge in [0.25, 0.3) is 0 Å². The van der Waals surface area contributed by atoms with E-state index in [1.807, 2.05) is 0 Å². The zero-order valence-electron chi connectivity index (χ0n) is 6.56. The maximum Gasteiger partial charge on any atom is 0.337 e. The van der Waals surface area contributed by atoms with E-state index in [9.17, 15) is 4.79 Å². The van der Waals surface area contributed by atoms with Gasteiger partial charge in [0.05, 0.1) is 16.9 Å². The first kappa shape index (κ1) is 14.4. The van der Waals surface area contributed by atoms with E-state index in [1.165, 1.54) is 6.07 Å². The highest BCUT2D eigenvalue weighted by Gasteiger charge is 2.07. The van der Waals surface area contributed by atoms with Gasteiger partial charge in [-0.2, -0.15) is 0 Å². The van der Waals surface area contributed by atoms with Gasteiger partial charge in [0.15, 0.2) is 0 Å². The van der Waals surface area contributed by atoms with Gasteiger partial charge in [-0.15, -0.1) is 24.8 Å². The summed E-state index contributed by atoms with van der Waals surface area (Å²) in [7, 11) is 0. The standard InChI is InChI=1S/C7H8N2O2.2ClH/c8-5-3-1-2-4(6(5)9)7(10)11;;/h1-3H,8-9H2,(H,10,11);2*1H. The summed E-state index contributed by atoms with van der Waals surface area (Å²) in [5, 5.41) is 8.55. The molecular formula is C7H10Cl2N2O2. The van der Waals surface area contributed by atoms with Gasteiger partial charge in [-0.05, 0) is 12.1 Å². The molecule has 0 bridgehead atoms. The van der Waals surface area contributed by atoms with Crippen LogP contribution in [0.5, 0.6) is 0 Å². The number of carboxylic acid groups (broad SMARTS) is 1. The first-order valence-electron chi connectivity index (χ1n) is 3.00. The van der Waals surface area contributed by atoms with Crippen molar-refractivity contribution in [2.24, 2.45) is 0 Å². The zero-order chi connectivity index (χ0) is 8.43. The molecule has 0 unspecified atom stereocenters. The van der Waals surface area contributed by atoms with Gasteiger partial charge < -0.3 is 16.6 Å². The Morgan fingerprint density at radius 1 is 1.23 bits per heavy atom. The molecule has 0 aliphatic rings. The molecule has 0 fully saturated rings. The van der Waals surface area contributed by atoms with Gasteiger partial charge in [-0.1, -0.05) is 6.07 Å². The number of rotatable bonds is 1. The molecular weight excluding hydrogens is 215 g/mol. The van der Waals surface area contributed by atoms with Crippen LogP contribution in [0, 0.1) is 0 Å². The topological polar surface area (TPSA) is 89.3 Å². The second-order valence-corrected chi connectivity index (χ2v) is 2.11. The van der Waals surface area contributed by atoms with Crippen LogP contribution in [-0.4, -0.2) is 11.1 Å². The molecule has 1 aromatic carbocycles. The van der Waals surface area contributed by atoms with E-state index in [0.29, 0.717) is 5.69 Å². The predicted molar refractivity (Wildman–Crippen MR) is 56.7 cm³/mol. The van der Waals surface area contributed by atoms with Crippen LogP contribution in [0.3, 0.4) is 0 Å². The van der Waals surface area contributed by atoms with Gasteiger partial charge in [0.2, 0.25) is 0 Å². The molecule has 74 valence electrons. The Kier molecular flexibility index (Phi) is 6.10. The Hall–Kier alpha value is -1.13. The summed E-state index contributed by atoms with van der Waals surface area (Å²) >= 11 is 0. The van der Waals surface area contributed by atoms with Crippen LogP contribution in [0.15, 0.2) is 18.2 Å². The fourth-order valence-electron chi connectivity index (χ4n) is 0.770. The lowest BCUT2D eigenvalue weighted by Crippen LogP contribution is -2.04. The van der Waals surface area contributed by atoms with Crippen LogP contribution in [0.2, 0.25) is 0 Å². The Labute approximate surface area is 87.7 Å². The average Bonchev–Trinajstić information content (AvgIpc) is 1.94. The van der Waals surface area contributed by atoms with Crippen molar-refractivity contribution in [1.82, 2.24) is 0 Å². The maximum absolute atomic E-state index is 10.4. The summed E-state index contributed by atoms with van der Waals surface area (Å²) in [5.74, 6) is -1.06. The van der Waals surface area contributed by atoms with Gasteiger partial charge in [0.1, 0.15) is 0 Å². The second-order valence-electron chi connectivity index (χ2n) is 2.11. The smallest absolute Gasteiger partial charge is 0.337 e. The Morgan fingerprint density at radius 3 is 2.15 bits per heavy atom. The van der Waals surface area contributed by atoms with Crippen LogP contribution in [-0.2, 0) is 0 Å². The minimum Gasteiger partial charge on any atom is -0.478 e. The first-order valence-corrected chi connectivity index (χ1v) is 3.00. The highest BCUT2D eigenvalue weighted by Crippen LogP contribution is 2.18. The number of para-hydroxylation sites is 1. The Bertz CT molecular complexity index is 305. The van der Waals surface area contributed by atoms with E-state index in [0.717, 1.165) is 0 Å². The number of anilines is 2. The van der Waals surface area contributed by atoms with Crippen molar-refractivity contribution in [2.45, 2.75) is 0 Å². The van der Waals surface area contributed by atoms with E-state index >= 15 is 0 Å². The minimum absolute atomic E-state index is 0. The molecule has 0 amide bonds.